The Morgan fingerprint density at radius 3 is 2.60 bits per heavy atom. The van der Waals surface area contributed by atoms with Crippen LogP contribution in [-0.2, 0) is 0 Å². The summed E-state index contributed by atoms with van der Waals surface area (Å²) in [6.45, 7) is 6.76. The second kappa shape index (κ2) is 6.83. The van der Waals surface area contributed by atoms with Gasteiger partial charge < -0.3 is 4.90 Å². The Labute approximate surface area is 154 Å². The fraction of sp³-hybridized carbons (Fsp3) is 0.429. The summed E-state index contributed by atoms with van der Waals surface area (Å²) in [5.74, 6) is 1.70. The number of hydrogen-bond acceptors (Lipinski definition) is 4. The molecule has 0 spiro atoms. The Morgan fingerprint density at radius 1 is 1.16 bits per heavy atom. The van der Waals surface area contributed by atoms with Crippen LogP contribution in [0.2, 0.25) is 0 Å². The van der Waals surface area contributed by atoms with Gasteiger partial charge in [0.1, 0.15) is 6.04 Å². The molecule has 2 aromatic rings. The first-order valence-corrected chi connectivity index (χ1v) is 10.2. The zero-order chi connectivity index (χ0) is 17.4. The van der Waals surface area contributed by atoms with Gasteiger partial charge >= 0.3 is 0 Å². The van der Waals surface area contributed by atoms with Crippen LogP contribution in [0.1, 0.15) is 62.0 Å². The molecule has 3 unspecified atom stereocenters. The summed E-state index contributed by atoms with van der Waals surface area (Å²) in [5.41, 5.74) is 3.80. The van der Waals surface area contributed by atoms with Gasteiger partial charge in [-0.1, -0.05) is 62.9 Å². The van der Waals surface area contributed by atoms with Crippen LogP contribution < -0.4 is 0 Å². The summed E-state index contributed by atoms with van der Waals surface area (Å²) in [4.78, 5) is 12.2. The maximum absolute atomic E-state index is 5.08. The Hall–Kier alpha value is -1.81. The second-order valence-corrected chi connectivity index (χ2v) is 8.14. The zero-order valence-electron chi connectivity index (χ0n) is 15.1. The smallest absolute Gasteiger partial charge is 0.160 e. The Morgan fingerprint density at radius 2 is 1.96 bits per heavy atom. The Kier molecular flexibility index (Phi) is 4.55. The summed E-state index contributed by atoms with van der Waals surface area (Å²) in [6.07, 6.45) is 3.03. The van der Waals surface area contributed by atoms with Crippen molar-refractivity contribution in [2.75, 3.05) is 5.75 Å². The van der Waals surface area contributed by atoms with Crippen molar-refractivity contribution in [2.45, 2.75) is 51.2 Å². The number of amidine groups is 1. The first kappa shape index (κ1) is 16.6. The van der Waals surface area contributed by atoms with Crippen LogP contribution in [0.15, 0.2) is 53.7 Å². The molecule has 3 atom stereocenters. The molecule has 2 aliphatic rings. The van der Waals surface area contributed by atoms with E-state index in [4.69, 9.17) is 4.99 Å². The topological polar surface area (TPSA) is 28.5 Å². The lowest BCUT2D eigenvalue weighted by Gasteiger charge is -2.32. The van der Waals surface area contributed by atoms with E-state index >= 15 is 0 Å². The largest absolute Gasteiger partial charge is 0.338 e. The summed E-state index contributed by atoms with van der Waals surface area (Å²) in [6, 6.07) is 16.2. The van der Waals surface area contributed by atoms with Crippen LogP contribution in [-0.4, -0.2) is 26.8 Å². The van der Waals surface area contributed by atoms with Crippen LogP contribution >= 0.6 is 11.8 Å². The number of aliphatic imine (C=N–C) groups is 1. The maximum Gasteiger partial charge on any atom is 0.160 e. The SMILES string of the molecule is CCC1CSC2=NC(c3ccccn3)C(c3ccc(C(C)C)cc3)N21. The minimum atomic E-state index is 0.0861. The van der Waals surface area contributed by atoms with E-state index in [1.54, 1.807) is 0 Å². The molecule has 4 heteroatoms. The van der Waals surface area contributed by atoms with Crippen molar-refractivity contribution in [2.24, 2.45) is 4.99 Å². The summed E-state index contributed by atoms with van der Waals surface area (Å²) >= 11 is 1.90. The third kappa shape index (κ3) is 2.97. The van der Waals surface area contributed by atoms with Crippen LogP contribution in [0.5, 0.6) is 0 Å². The fourth-order valence-electron chi connectivity index (χ4n) is 3.79. The number of hydrogen-bond donors (Lipinski definition) is 0. The number of aromatic nitrogens is 1. The lowest BCUT2D eigenvalue weighted by Crippen LogP contribution is -2.35. The van der Waals surface area contributed by atoms with Crippen molar-refractivity contribution in [3.8, 4) is 0 Å². The van der Waals surface area contributed by atoms with Gasteiger partial charge in [0.2, 0.25) is 0 Å². The molecule has 0 N–H and O–H groups in total. The van der Waals surface area contributed by atoms with Crippen molar-refractivity contribution in [3.05, 3.63) is 65.5 Å². The van der Waals surface area contributed by atoms with E-state index in [1.807, 2.05) is 24.0 Å². The summed E-state index contributed by atoms with van der Waals surface area (Å²) in [7, 11) is 0. The molecule has 0 radical (unpaired) electrons. The first-order chi connectivity index (χ1) is 12.2. The molecule has 1 fully saturated rings. The average molecular weight is 352 g/mol. The molecule has 2 aliphatic heterocycles. The Bertz CT molecular complexity index is 754. The third-order valence-electron chi connectivity index (χ3n) is 5.27. The number of pyridine rings is 1. The standard InChI is InChI=1S/C21H25N3S/c1-4-17-13-25-21-23-19(18-7-5-6-12-22-18)20(24(17)21)16-10-8-15(9-11-16)14(2)3/h5-12,14,17,19-20H,4,13H2,1-3H3. The molecule has 0 bridgehead atoms. The van der Waals surface area contributed by atoms with Gasteiger partial charge in [-0.3, -0.25) is 9.98 Å². The fourth-order valence-corrected chi connectivity index (χ4v) is 5.13. The molecule has 0 aliphatic carbocycles. The van der Waals surface area contributed by atoms with Gasteiger partial charge in [0.25, 0.3) is 0 Å². The predicted octanol–water partition coefficient (Wildman–Crippen LogP) is 5.18. The van der Waals surface area contributed by atoms with Crippen LogP contribution in [0, 0.1) is 0 Å². The Balaban J connectivity index is 1.75. The van der Waals surface area contributed by atoms with Crippen molar-refractivity contribution in [1.29, 1.82) is 0 Å². The highest BCUT2D eigenvalue weighted by Gasteiger charge is 2.45. The minimum absolute atomic E-state index is 0.0861. The van der Waals surface area contributed by atoms with Gasteiger partial charge in [-0.25, -0.2) is 0 Å². The molecule has 0 amide bonds. The minimum Gasteiger partial charge on any atom is -0.338 e. The molecule has 0 saturated carbocycles. The van der Waals surface area contributed by atoms with Gasteiger partial charge in [0.05, 0.1) is 11.7 Å². The number of nitrogens with zero attached hydrogens (tertiary/aromatic N) is 3. The number of thioether (sulfide) groups is 1. The quantitative estimate of drug-likeness (QED) is 0.759. The van der Waals surface area contributed by atoms with E-state index in [-0.39, 0.29) is 12.1 Å². The van der Waals surface area contributed by atoms with E-state index in [9.17, 15) is 0 Å². The first-order valence-electron chi connectivity index (χ1n) is 9.18. The molecule has 4 rings (SSSR count). The van der Waals surface area contributed by atoms with Gasteiger partial charge in [0.15, 0.2) is 5.17 Å². The molecule has 130 valence electrons. The van der Waals surface area contributed by atoms with Crippen molar-refractivity contribution in [1.82, 2.24) is 9.88 Å². The summed E-state index contributed by atoms with van der Waals surface area (Å²) in [5, 5.41) is 1.19. The van der Waals surface area contributed by atoms with E-state index in [0.29, 0.717) is 12.0 Å². The van der Waals surface area contributed by atoms with Gasteiger partial charge in [-0.15, -0.1) is 0 Å². The molecule has 25 heavy (non-hydrogen) atoms. The van der Waals surface area contributed by atoms with Crippen LogP contribution in [0.25, 0.3) is 0 Å². The molecule has 1 aromatic heterocycles. The van der Waals surface area contributed by atoms with Crippen molar-refractivity contribution < 1.29 is 0 Å². The number of fused-ring (bicyclic) bond motifs is 1. The highest BCUT2D eigenvalue weighted by Crippen LogP contribution is 2.48. The number of rotatable bonds is 4. The van der Waals surface area contributed by atoms with Crippen LogP contribution in [0.3, 0.4) is 0 Å². The molecule has 3 nitrogen and oxygen atoms in total. The summed E-state index contributed by atoms with van der Waals surface area (Å²) < 4.78 is 0. The van der Waals surface area contributed by atoms with Gasteiger partial charge in [0, 0.05) is 18.0 Å². The van der Waals surface area contributed by atoms with Gasteiger partial charge in [-0.05, 0) is 35.6 Å². The van der Waals surface area contributed by atoms with Crippen molar-refractivity contribution in [3.63, 3.8) is 0 Å². The van der Waals surface area contributed by atoms with Gasteiger partial charge in [-0.2, -0.15) is 0 Å². The normalized spacial score (nSPS) is 25.4. The van der Waals surface area contributed by atoms with Crippen molar-refractivity contribution >= 4 is 16.9 Å². The molecule has 1 aromatic carbocycles. The second-order valence-electron chi connectivity index (χ2n) is 7.16. The zero-order valence-corrected chi connectivity index (χ0v) is 15.9. The molecular weight excluding hydrogens is 326 g/mol. The third-order valence-corrected chi connectivity index (χ3v) is 6.40. The van der Waals surface area contributed by atoms with Crippen LogP contribution in [0.4, 0.5) is 0 Å². The number of benzene rings is 1. The average Bonchev–Trinajstić information content (AvgIpc) is 3.21. The molecular formula is C21H25N3S. The highest BCUT2D eigenvalue weighted by molar-refractivity contribution is 8.14. The highest BCUT2D eigenvalue weighted by atomic mass is 32.2. The monoisotopic (exact) mass is 351 g/mol. The van der Waals surface area contributed by atoms with E-state index in [2.05, 4.69) is 67.1 Å². The molecule has 1 saturated heterocycles. The predicted molar refractivity (Wildman–Crippen MR) is 106 cm³/mol. The lowest BCUT2D eigenvalue weighted by atomic mass is 9.93. The maximum atomic E-state index is 5.08. The van der Waals surface area contributed by atoms with E-state index in [1.165, 1.54) is 16.3 Å². The molecule has 3 heterocycles. The van der Waals surface area contributed by atoms with E-state index < -0.39 is 0 Å². The van der Waals surface area contributed by atoms with E-state index in [0.717, 1.165) is 17.9 Å². The lowest BCUT2D eigenvalue weighted by molar-refractivity contribution is 0.255.